The fraction of sp³-hybridized carbons (Fsp3) is 0.389. The molecule has 0 saturated carbocycles. The van der Waals surface area contributed by atoms with Gasteiger partial charge in [0.25, 0.3) is 0 Å². The number of benzene rings is 1. The Balaban J connectivity index is 3.01. The van der Waals surface area contributed by atoms with Crippen LogP contribution in [0.25, 0.3) is 0 Å². The predicted octanol–water partition coefficient (Wildman–Crippen LogP) is 3.53. The van der Waals surface area contributed by atoms with Crippen LogP contribution in [0.3, 0.4) is 0 Å². The maximum atomic E-state index is 12.0. The molecule has 1 aromatic carbocycles. The molecule has 0 radical (unpaired) electrons. The molecule has 0 N–H and O–H groups in total. The summed E-state index contributed by atoms with van der Waals surface area (Å²) in [5, 5.41) is 0. The van der Waals surface area contributed by atoms with Crippen molar-refractivity contribution in [1.82, 2.24) is 0 Å². The van der Waals surface area contributed by atoms with Crippen molar-refractivity contribution >= 4 is 18.5 Å². The van der Waals surface area contributed by atoms with E-state index in [1.165, 1.54) is 0 Å². The Kier molecular flexibility index (Phi) is 7.23. The van der Waals surface area contributed by atoms with Gasteiger partial charge in [-0.2, -0.15) is 0 Å². The number of nitrogens with zero attached hydrogens (tertiary/aromatic N) is 1. The lowest BCUT2D eigenvalue weighted by Gasteiger charge is -2.12. The summed E-state index contributed by atoms with van der Waals surface area (Å²) in [6.07, 6.45) is 2.38. The van der Waals surface area contributed by atoms with Crippen LogP contribution >= 0.6 is 0 Å². The highest BCUT2D eigenvalue weighted by Crippen LogP contribution is 2.18. The van der Waals surface area contributed by atoms with E-state index in [-0.39, 0.29) is 12.6 Å². The van der Waals surface area contributed by atoms with Crippen molar-refractivity contribution in [2.45, 2.75) is 33.7 Å². The van der Waals surface area contributed by atoms with E-state index in [1.54, 1.807) is 27.0 Å². The number of aliphatic imine (C=N–C) groups is 1. The number of hydrogen-bond acceptors (Lipinski definition) is 4. The minimum Gasteiger partial charge on any atom is -0.463 e. The van der Waals surface area contributed by atoms with E-state index in [2.05, 4.69) is 4.99 Å². The van der Waals surface area contributed by atoms with Crippen molar-refractivity contribution in [3.05, 3.63) is 47.0 Å². The molecule has 4 heteroatoms. The van der Waals surface area contributed by atoms with Gasteiger partial charge in [0, 0.05) is 12.1 Å². The van der Waals surface area contributed by atoms with Gasteiger partial charge in [0.15, 0.2) is 0 Å². The van der Waals surface area contributed by atoms with Gasteiger partial charge in [-0.05, 0) is 31.9 Å². The van der Waals surface area contributed by atoms with E-state index in [1.807, 2.05) is 37.3 Å². The second-order valence-corrected chi connectivity index (χ2v) is 5.11. The molecular formula is C18H23NO3. The van der Waals surface area contributed by atoms with Crippen molar-refractivity contribution in [1.29, 1.82) is 0 Å². The number of aldehydes is 1. The third kappa shape index (κ3) is 4.95. The summed E-state index contributed by atoms with van der Waals surface area (Å²) in [4.78, 5) is 27.5. The van der Waals surface area contributed by atoms with Gasteiger partial charge < -0.3 is 9.53 Å². The highest BCUT2D eigenvalue weighted by molar-refractivity contribution is 5.99. The summed E-state index contributed by atoms with van der Waals surface area (Å²) in [6, 6.07) is 9.86. The van der Waals surface area contributed by atoms with E-state index in [0.29, 0.717) is 11.1 Å². The minimum atomic E-state index is -0.516. The first-order valence-corrected chi connectivity index (χ1v) is 7.42. The monoisotopic (exact) mass is 301 g/mol. The Labute approximate surface area is 131 Å². The Morgan fingerprint density at radius 2 is 1.91 bits per heavy atom. The van der Waals surface area contributed by atoms with Crippen LogP contribution in [0, 0.1) is 5.92 Å². The van der Waals surface area contributed by atoms with Crippen molar-refractivity contribution in [3.8, 4) is 0 Å². The van der Waals surface area contributed by atoms with Gasteiger partial charge in [-0.3, -0.25) is 4.99 Å². The Morgan fingerprint density at radius 3 is 2.45 bits per heavy atom. The summed E-state index contributed by atoms with van der Waals surface area (Å²) in [7, 11) is 0. The molecule has 0 amide bonds. The molecule has 2 unspecified atom stereocenters. The first-order chi connectivity index (χ1) is 10.5. The lowest BCUT2D eigenvalue weighted by molar-refractivity contribution is -0.139. The van der Waals surface area contributed by atoms with Crippen LogP contribution in [-0.4, -0.2) is 25.1 Å². The Morgan fingerprint density at radius 1 is 1.27 bits per heavy atom. The molecule has 2 atom stereocenters. The van der Waals surface area contributed by atoms with E-state index in [0.717, 1.165) is 11.8 Å². The highest BCUT2D eigenvalue weighted by Gasteiger charge is 2.20. The molecule has 0 heterocycles. The maximum absolute atomic E-state index is 12.0. The van der Waals surface area contributed by atoms with Crippen LogP contribution in [0.1, 0.15) is 39.3 Å². The molecular weight excluding hydrogens is 278 g/mol. The second-order valence-electron chi connectivity index (χ2n) is 5.11. The summed E-state index contributed by atoms with van der Waals surface area (Å²) < 4.78 is 5.02. The average molecular weight is 301 g/mol. The van der Waals surface area contributed by atoms with Crippen LogP contribution in [0.2, 0.25) is 0 Å². The zero-order valence-electron chi connectivity index (χ0n) is 13.6. The van der Waals surface area contributed by atoms with Gasteiger partial charge in [0.2, 0.25) is 0 Å². The largest absolute Gasteiger partial charge is 0.463 e. The molecule has 0 aromatic heterocycles. The number of esters is 1. The number of ether oxygens (including phenoxy) is 1. The number of carbonyl (C=O) groups excluding carboxylic acids is 2. The van der Waals surface area contributed by atoms with Crippen LogP contribution in [0.5, 0.6) is 0 Å². The third-order valence-electron chi connectivity index (χ3n) is 3.35. The van der Waals surface area contributed by atoms with Crippen molar-refractivity contribution in [2.75, 3.05) is 6.61 Å². The Bertz CT molecular complexity index is 561. The number of allylic oxidation sites excluding steroid dienone is 1. The average Bonchev–Trinajstić information content (AvgIpc) is 2.53. The molecule has 22 heavy (non-hydrogen) atoms. The van der Waals surface area contributed by atoms with Crippen molar-refractivity contribution < 1.29 is 14.3 Å². The summed E-state index contributed by atoms with van der Waals surface area (Å²) in [5.41, 5.74) is 2.11. The van der Waals surface area contributed by atoms with Gasteiger partial charge in [0.05, 0.1) is 18.2 Å². The molecule has 118 valence electrons. The van der Waals surface area contributed by atoms with E-state index in [4.69, 9.17) is 4.74 Å². The molecule has 0 aliphatic carbocycles. The summed E-state index contributed by atoms with van der Waals surface area (Å²) in [6.45, 7) is 7.44. The number of hydrogen-bond donors (Lipinski definition) is 0. The van der Waals surface area contributed by atoms with Gasteiger partial charge in [-0.25, -0.2) is 4.79 Å². The molecule has 0 aliphatic heterocycles. The minimum absolute atomic E-state index is 0.0221. The molecule has 0 bridgehead atoms. The van der Waals surface area contributed by atoms with Gasteiger partial charge >= 0.3 is 5.97 Å². The topological polar surface area (TPSA) is 55.7 Å². The standard InChI is InChI=1S/C18H23NO3/c1-5-22-18(21)17(14(3)12-20)13(2)11-19-15(4)16-9-7-6-8-10-16/h6-12,14-15H,5H2,1-4H3/b17-13+,19-11?. The second kappa shape index (κ2) is 8.93. The molecule has 0 fully saturated rings. The zero-order valence-corrected chi connectivity index (χ0v) is 13.6. The molecule has 1 rings (SSSR count). The van der Waals surface area contributed by atoms with E-state index < -0.39 is 11.9 Å². The smallest absolute Gasteiger partial charge is 0.335 e. The lowest BCUT2D eigenvalue weighted by atomic mass is 9.98. The summed E-state index contributed by atoms with van der Waals surface area (Å²) in [5.74, 6) is -0.976. The van der Waals surface area contributed by atoms with Crippen molar-refractivity contribution in [3.63, 3.8) is 0 Å². The molecule has 0 aliphatic rings. The van der Waals surface area contributed by atoms with Crippen molar-refractivity contribution in [2.24, 2.45) is 10.9 Å². The van der Waals surface area contributed by atoms with Crippen LogP contribution < -0.4 is 0 Å². The highest BCUT2D eigenvalue weighted by atomic mass is 16.5. The summed E-state index contributed by atoms with van der Waals surface area (Å²) >= 11 is 0. The van der Waals surface area contributed by atoms with Crippen LogP contribution in [0.15, 0.2) is 46.5 Å². The predicted molar refractivity (Wildman–Crippen MR) is 87.9 cm³/mol. The molecule has 4 nitrogen and oxygen atoms in total. The lowest BCUT2D eigenvalue weighted by Crippen LogP contribution is -2.17. The van der Waals surface area contributed by atoms with E-state index in [9.17, 15) is 9.59 Å². The third-order valence-corrected chi connectivity index (χ3v) is 3.35. The molecule has 1 aromatic rings. The molecule has 0 spiro atoms. The first kappa shape index (κ1) is 17.8. The van der Waals surface area contributed by atoms with E-state index >= 15 is 0 Å². The number of carbonyl (C=O) groups is 2. The normalized spacial score (nSPS) is 15.1. The van der Waals surface area contributed by atoms with Crippen LogP contribution in [-0.2, 0) is 14.3 Å². The molecule has 0 saturated heterocycles. The van der Waals surface area contributed by atoms with Gasteiger partial charge in [-0.1, -0.05) is 37.3 Å². The Hall–Kier alpha value is -2.23. The van der Waals surface area contributed by atoms with Gasteiger partial charge in [0.1, 0.15) is 6.29 Å². The fourth-order valence-corrected chi connectivity index (χ4v) is 2.09. The number of rotatable bonds is 7. The van der Waals surface area contributed by atoms with Crippen LogP contribution in [0.4, 0.5) is 0 Å². The van der Waals surface area contributed by atoms with Gasteiger partial charge in [-0.15, -0.1) is 0 Å². The zero-order chi connectivity index (χ0) is 16.5. The quantitative estimate of drug-likeness (QED) is 0.335. The SMILES string of the molecule is CCOC(=O)/C(=C(\C)C=NC(C)c1ccccc1)C(C)C=O. The first-order valence-electron chi connectivity index (χ1n) is 7.42. The fourth-order valence-electron chi connectivity index (χ4n) is 2.09. The maximum Gasteiger partial charge on any atom is 0.335 e.